The fourth-order valence-corrected chi connectivity index (χ4v) is 2.27. The SMILES string of the molecule is FC(I)(OCCCCCBr)c1ccccc1. The summed E-state index contributed by atoms with van der Waals surface area (Å²) >= 11 is 5.07. The lowest BCUT2D eigenvalue weighted by Gasteiger charge is -2.19. The third kappa shape index (κ3) is 5.10. The molecule has 0 heterocycles. The molecule has 16 heavy (non-hydrogen) atoms. The molecule has 0 amide bonds. The molecule has 0 aliphatic rings. The Morgan fingerprint density at radius 1 is 1.19 bits per heavy atom. The van der Waals surface area contributed by atoms with Crippen LogP contribution in [0.25, 0.3) is 0 Å². The van der Waals surface area contributed by atoms with Crippen LogP contribution in [-0.4, -0.2) is 11.9 Å². The van der Waals surface area contributed by atoms with Gasteiger partial charge in [-0.2, -0.15) is 4.39 Å². The fraction of sp³-hybridized carbons (Fsp3) is 0.500. The molecule has 0 radical (unpaired) electrons. The van der Waals surface area contributed by atoms with Crippen molar-refractivity contribution in [2.24, 2.45) is 0 Å². The maximum Gasteiger partial charge on any atom is 0.286 e. The highest BCUT2D eigenvalue weighted by Gasteiger charge is 2.28. The number of rotatable bonds is 7. The van der Waals surface area contributed by atoms with Crippen LogP contribution >= 0.6 is 38.5 Å². The third-order valence-corrected chi connectivity index (χ3v) is 3.67. The van der Waals surface area contributed by atoms with E-state index in [0.29, 0.717) is 12.2 Å². The van der Waals surface area contributed by atoms with Crippen molar-refractivity contribution in [3.05, 3.63) is 35.9 Å². The molecule has 1 aromatic rings. The lowest BCUT2D eigenvalue weighted by Crippen LogP contribution is -2.16. The third-order valence-electron chi connectivity index (χ3n) is 2.17. The van der Waals surface area contributed by atoms with E-state index in [1.165, 1.54) is 0 Å². The highest BCUT2D eigenvalue weighted by Crippen LogP contribution is 2.34. The van der Waals surface area contributed by atoms with E-state index in [-0.39, 0.29) is 0 Å². The van der Waals surface area contributed by atoms with E-state index in [0.717, 1.165) is 24.6 Å². The Morgan fingerprint density at radius 2 is 1.88 bits per heavy atom. The molecule has 1 aromatic carbocycles. The first-order valence-electron chi connectivity index (χ1n) is 5.30. The summed E-state index contributed by atoms with van der Waals surface area (Å²) < 4.78 is 17.7. The van der Waals surface area contributed by atoms with E-state index in [4.69, 9.17) is 4.74 Å². The van der Waals surface area contributed by atoms with Gasteiger partial charge in [0.15, 0.2) is 0 Å². The molecule has 1 atom stereocenters. The zero-order chi connectivity index (χ0) is 11.9. The predicted octanol–water partition coefficient (Wildman–Crippen LogP) is 4.78. The van der Waals surface area contributed by atoms with Gasteiger partial charge < -0.3 is 4.74 Å². The molecule has 0 N–H and O–H groups in total. The predicted molar refractivity (Wildman–Crippen MR) is 76.8 cm³/mol. The summed E-state index contributed by atoms with van der Waals surface area (Å²) in [5.41, 5.74) is 0.566. The number of benzene rings is 1. The van der Waals surface area contributed by atoms with Crippen molar-refractivity contribution in [1.29, 1.82) is 0 Å². The van der Waals surface area contributed by atoms with Gasteiger partial charge in [0.05, 0.1) is 6.61 Å². The van der Waals surface area contributed by atoms with Crippen LogP contribution in [0.2, 0.25) is 0 Å². The van der Waals surface area contributed by atoms with E-state index in [1.54, 1.807) is 34.7 Å². The molecule has 0 aliphatic carbocycles. The van der Waals surface area contributed by atoms with Gasteiger partial charge in [-0.15, -0.1) is 0 Å². The number of unbranched alkanes of at least 4 members (excludes halogenated alkanes) is 2. The van der Waals surface area contributed by atoms with Gasteiger partial charge in [-0.05, 0) is 35.4 Å². The number of hydrogen-bond donors (Lipinski definition) is 0. The first-order chi connectivity index (χ1) is 7.67. The van der Waals surface area contributed by atoms with Crippen LogP contribution in [0.15, 0.2) is 30.3 Å². The van der Waals surface area contributed by atoms with Gasteiger partial charge in [0, 0.05) is 10.9 Å². The minimum Gasteiger partial charge on any atom is -0.335 e. The summed E-state index contributed by atoms with van der Waals surface area (Å²) in [7, 11) is 0. The smallest absolute Gasteiger partial charge is 0.286 e. The van der Waals surface area contributed by atoms with Gasteiger partial charge in [-0.25, -0.2) is 0 Å². The average molecular weight is 401 g/mol. The van der Waals surface area contributed by atoms with Crippen molar-refractivity contribution in [2.45, 2.75) is 23.1 Å². The summed E-state index contributed by atoms with van der Waals surface area (Å²) in [6, 6.07) is 8.98. The highest BCUT2D eigenvalue weighted by atomic mass is 127. The molecule has 0 spiro atoms. The van der Waals surface area contributed by atoms with Crippen molar-refractivity contribution < 1.29 is 9.13 Å². The Hall–Kier alpha value is 0.320. The van der Waals surface area contributed by atoms with Gasteiger partial charge in [-0.3, -0.25) is 0 Å². The van der Waals surface area contributed by atoms with Crippen LogP contribution in [0.3, 0.4) is 0 Å². The second-order valence-electron chi connectivity index (χ2n) is 3.48. The van der Waals surface area contributed by atoms with Crippen molar-refractivity contribution in [3.63, 3.8) is 0 Å². The monoisotopic (exact) mass is 400 g/mol. The van der Waals surface area contributed by atoms with E-state index in [2.05, 4.69) is 15.9 Å². The second-order valence-corrected chi connectivity index (χ2v) is 5.66. The Labute approximate surface area is 118 Å². The Bertz CT molecular complexity index is 292. The van der Waals surface area contributed by atoms with Crippen molar-refractivity contribution in [3.8, 4) is 0 Å². The quantitative estimate of drug-likeness (QED) is 0.363. The van der Waals surface area contributed by atoms with Gasteiger partial charge in [0.25, 0.3) is 3.86 Å². The Balaban J connectivity index is 2.35. The van der Waals surface area contributed by atoms with Gasteiger partial charge >= 0.3 is 0 Å². The van der Waals surface area contributed by atoms with Gasteiger partial charge in [0.1, 0.15) is 0 Å². The lowest BCUT2D eigenvalue weighted by atomic mass is 10.2. The molecule has 1 nitrogen and oxygen atoms in total. The molecule has 0 fully saturated rings. The minimum atomic E-state index is -1.70. The Morgan fingerprint density at radius 3 is 2.50 bits per heavy atom. The maximum atomic E-state index is 14.1. The minimum absolute atomic E-state index is 0.460. The van der Waals surface area contributed by atoms with E-state index in [9.17, 15) is 4.39 Å². The summed E-state index contributed by atoms with van der Waals surface area (Å²) in [4.78, 5) is 0. The van der Waals surface area contributed by atoms with Crippen LogP contribution in [-0.2, 0) is 8.60 Å². The lowest BCUT2D eigenvalue weighted by molar-refractivity contribution is -0.0599. The Kier molecular flexibility index (Phi) is 6.84. The van der Waals surface area contributed by atoms with Crippen LogP contribution in [0.1, 0.15) is 24.8 Å². The van der Waals surface area contributed by atoms with E-state index >= 15 is 0 Å². The standard InChI is InChI=1S/C12H15BrFIO/c13-9-5-2-6-10-16-12(14,15)11-7-3-1-4-8-11/h1,3-4,7-8H,2,5-6,9-10H2. The highest BCUT2D eigenvalue weighted by molar-refractivity contribution is 14.1. The summed E-state index contributed by atoms with van der Waals surface area (Å²) in [5.74, 6) is 0. The van der Waals surface area contributed by atoms with Crippen molar-refractivity contribution >= 4 is 38.5 Å². The normalized spacial score (nSPS) is 14.7. The van der Waals surface area contributed by atoms with Crippen molar-refractivity contribution in [1.82, 2.24) is 0 Å². The first-order valence-corrected chi connectivity index (χ1v) is 7.50. The number of alkyl halides is 3. The van der Waals surface area contributed by atoms with Gasteiger partial charge in [0.2, 0.25) is 0 Å². The molecule has 90 valence electrons. The van der Waals surface area contributed by atoms with Crippen LogP contribution < -0.4 is 0 Å². The fourth-order valence-electron chi connectivity index (χ4n) is 1.29. The van der Waals surface area contributed by atoms with Crippen LogP contribution in [0.4, 0.5) is 4.39 Å². The van der Waals surface area contributed by atoms with Gasteiger partial charge in [-0.1, -0.05) is 52.7 Å². The zero-order valence-electron chi connectivity index (χ0n) is 8.96. The molecule has 0 saturated carbocycles. The average Bonchev–Trinajstić information content (AvgIpc) is 2.30. The topological polar surface area (TPSA) is 9.23 Å². The zero-order valence-corrected chi connectivity index (χ0v) is 12.7. The van der Waals surface area contributed by atoms with E-state index in [1.807, 2.05) is 18.2 Å². The molecule has 1 unspecified atom stereocenters. The molecule has 0 aliphatic heterocycles. The molecule has 1 rings (SSSR count). The molecule has 4 heteroatoms. The first kappa shape index (κ1) is 14.4. The van der Waals surface area contributed by atoms with Crippen molar-refractivity contribution in [2.75, 3.05) is 11.9 Å². The molecular formula is C12H15BrFIO. The molecule has 0 bridgehead atoms. The second kappa shape index (κ2) is 7.61. The molecular weight excluding hydrogens is 386 g/mol. The number of hydrogen-bond acceptors (Lipinski definition) is 1. The summed E-state index contributed by atoms with van der Waals surface area (Å²) in [6.45, 7) is 0.460. The number of ether oxygens (including phenoxy) is 1. The maximum absolute atomic E-state index is 14.1. The summed E-state index contributed by atoms with van der Waals surface area (Å²) in [5, 5.41) is 0.997. The molecule has 0 saturated heterocycles. The van der Waals surface area contributed by atoms with E-state index < -0.39 is 3.86 Å². The number of halogens is 3. The molecule has 0 aromatic heterocycles. The summed E-state index contributed by atoms with van der Waals surface area (Å²) in [6.07, 6.45) is 3.06. The van der Waals surface area contributed by atoms with Crippen LogP contribution in [0.5, 0.6) is 0 Å². The van der Waals surface area contributed by atoms with Crippen LogP contribution in [0, 0.1) is 0 Å². The largest absolute Gasteiger partial charge is 0.335 e.